The molecule has 0 fully saturated rings. The maximum atomic E-state index is 12.6. The van der Waals surface area contributed by atoms with Crippen LogP contribution in [0.4, 0.5) is 5.69 Å². The van der Waals surface area contributed by atoms with Crippen LogP contribution in [0.1, 0.15) is 47.1 Å². The molecule has 0 unspecified atom stereocenters. The van der Waals surface area contributed by atoms with E-state index in [0.717, 1.165) is 11.1 Å². The van der Waals surface area contributed by atoms with Gasteiger partial charge in [-0.3, -0.25) is 4.79 Å². The second-order valence-corrected chi connectivity index (χ2v) is 7.90. The van der Waals surface area contributed by atoms with Gasteiger partial charge in [0, 0.05) is 5.56 Å². The minimum atomic E-state index is -0.497. The molecule has 3 aromatic carbocycles. The lowest BCUT2D eigenvalue weighted by Crippen LogP contribution is -2.15. The number of esters is 1. The van der Waals surface area contributed by atoms with E-state index in [1.807, 2.05) is 12.1 Å². The van der Waals surface area contributed by atoms with Crippen LogP contribution < -0.4 is 5.32 Å². The molecule has 4 nitrogen and oxygen atoms in total. The van der Waals surface area contributed by atoms with E-state index in [2.05, 4.69) is 50.4 Å². The molecule has 3 rings (SSSR count). The van der Waals surface area contributed by atoms with Gasteiger partial charge in [0.25, 0.3) is 5.91 Å². The first kappa shape index (κ1) is 20.3. The van der Waals surface area contributed by atoms with Crippen molar-refractivity contribution in [2.45, 2.75) is 26.2 Å². The monoisotopic (exact) mass is 387 g/mol. The Bertz CT molecular complexity index is 1020. The minimum absolute atomic E-state index is 0.0715. The average molecular weight is 387 g/mol. The zero-order chi connectivity index (χ0) is 21.0. The zero-order valence-electron chi connectivity index (χ0n) is 17.2. The molecule has 148 valence electrons. The van der Waals surface area contributed by atoms with E-state index in [1.165, 1.54) is 12.7 Å². The van der Waals surface area contributed by atoms with E-state index in [0.29, 0.717) is 16.8 Å². The van der Waals surface area contributed by atoms with Gasteiger partial charge in [0.05, 0.1) is 18.4 Å². The van der Waals surface area contributed by atoms with Gasteiger partial charge in [-0.25, -0.2) is 4.79 Å². The molecule has 1 amide bonds. The molecule has 1 N–H and O–H groups in total. The Hall–Kier alpha value is -3.40. The highest BCUT2D eigenvalue weighted by Crippen LogP contribution is 2.29. The van der Waals surface area contributed by atoms with Crippen LogP contribution in [0.25, 0.3) is 11.1 Å². The lowest BCUT2D eigenvalue weighted by molar-refractivity contribution is 0.0602. The third kappa shape index (κ3) is 4.72. The van der Waals surface area contributed by atoms with Gasteiger partial charge in [-0.15, -0.1) is 0 Å². The minimum Gasteiger partial charge on any atom is -0.465 e. The summed E-state index contributed by atoms with van der Waals surface area (Å²) in [6.45, 7) is 6.51. The third-order valence-corrected chi connectivity index (χ3v) is 4.79. The smallest absolute Gasteiger partial charge is 0.339 e. The molecule has 0 radical (unpaired) electrons. The molecule has 0 aromatic heterocycles. The van der Waals surface area contributed by atoms with E-state index in [1.54, 1.807) is 36.4 Å². The van der Waals surface area contributed by atoms with Crippen molar-refractivity contribution in [3.63, 3.8) is 0 Å². The van der Waals surface area contributed by atoms with Crippen molar-refractivity contribution >= 4 is 17.6 Å². The molecular formula is C25H25NO3. The van der Waals surface area contributed by atoms with Gasteiger partial charge in [-0.2, -0.15) is 0 Å². The number of benzene rings is 3. The zero-order valence-corrected chi connectivity index (χ0v) is 17.2. The molecule has 0 spiro atoms. The van der Waals surface area contributed by atoms with Gasteiger partial charge in [0.2, 0.25) is 0 Å². The first-order valence-electron chi connectivity index (χ1n) is 9.49. The number of rotatable bonds is 4. The molecule has 0 bridgehead atoms. The summed E-state index contributed by atoms with van der Waals surface area (Å²) in [5.41, 5.74) is 4.47. The maximum absolute atomic E-state index is 12.6. The van der Waals surface area contributed by atoms with E-state index >= 15 is 0 Å². The SMILES string of the molecule is COC(=O)c1ccc(-c2ccc(C(C)(C)C)cc2)cc1NC(=O)c1ccccc1. The number of carbonyl (C=O) groups excluding carboxylic acids is 2. The van der Waals surface area contributed by atoms with Gasteiger partial charge < -0.3 is 10.1 Å². The van der Waals surface area contributed by atoms with E-state index in [9.17, 15) is 9.59 Å². The highest BCUT2D eigenvalue weighted by molar-refractivity contribution is 6.08. The van der Waals surface area contributed by atoms with Gasteiger partial charge in [0.1, 0.15) is 0 Å². The van der Waals surface area contributed by atoms with Crippen molar-refractivity contribution in [2.24, 2.45) is 0 Å². The van der Waals surface area contributed by atoms with Crippen LogP contribution in [0.15, 0.2) is 72.8 Å². The van der Waals surface area contributed by atoms with Crippen molar-refractivity contribution in [1.29, 1.82) is 0 Å². The van der Waals surface area contributed by atoms with Crippen LogP contribution in [0.2, 0.25) is 0 Å². The number of anilines is 1. The summed E-state index contributed by atoms with van der Waals surface area (Å²) in [6, 6.07) is 22.5. The van der Waals surface area contributed by atoms with Crippen molar-refractivity contribution < 1.29 is 14.3 Å². The second-order valence-electron chi connectivity index (χ2n) is 7.90. The summed E-state index contributed by atoms with van der Waals surface area (Å²) < 4.78 is 4.87. The number of methoxy groups -OCH3 is 1. The Balaban J connectivity index is 1.97. The molecular weight excluding hydrogens is 362 g/mol. The van der Waals surface area contributed by atoms with Crippen LogP contribution >= 0.6 is 0 Å². The van der Waals surface area contributed by atoms with Crippen molar-refractivity contribution in [3.05, 3.63) is 89.5 Å². The normalized spacial score (nSPS) is 11.0. The van der Waals surface area contributed by atoms with Crippen molar-refractivity contribution in [3.8, 4) is 11.1 Å². The average Bonchev–Trinajstić information content (AvgIpc) is 2.73. The quantitative estimate of drug-likeness (QED) is 0.585. The first-order valence-corrected chi connectivity index (χ1v) is 9.49. The lowest BCUT2D eigenvalue weighted by atomic mass is 9.86. The molecule has 3 aromatic rings. The Labute approximate surface area is 171 Å². The Morgan fingerprint density at radius 1 is 0.828 bits per heavy atom. The summed E-state index contributed by atoms with van der Waals surface area (Å²) >= 11 is 0. The number of carbonyl (C=O) groups is 2. The molecule has 4 heteroatoms. The fourth-order valence-electron chi connectivity index (χ4n) is 3.06. The van der Waals surface area contributed by atoms with Gasteiger partial charge in [-0.1, -0.05) is 69.3 Å². The second kappa shape index (κ2) is 8.31. The standard InChI is InChI=1S/C25H25NO3/c1-25(2,3)20-13-10-17(11-14-20)19-12-15-21(24(28)29-4)22(16-19)26-23(27)18-8-6-5-7-9-18/h5-16H,1-4H3,(H,26,27). The van der Waals surface area contributed by atoms with Crippen molar-refractivity contribution in [2.75, 3.05) is 12.4 Å². The largest absolute Gasteiger partial charge is 0.465 e. The summed E-state index contributed by atoms with van der Waals surface area (Å²) in [5.74, 6) is -0.779. The molecule has 29 heavy (non-hydrogen) atoms. The number of hydrogen-bond acceptors (Lipinski definition) is 3. The van der Waals surface area contributed by atoms with Gasteiger partial charge in [-0.05, 0) is 46.4 Å². The lowest BCUT2D eigenvalue weighted by Gasteiger charge is -2.19. The van der Waals surface area contributed by atoms with Crippen LogP contribution in [-0.4, -0.2) is 19.0 Å². The molecule has 0 heterocycles. The number of ether oxygens (including phenoxy) is 1. The predicted molar refractivity (Wildman–Crippen MR) is 116 cm³/mol. The first-order chi connectivity index (χ1) is 13.8. The fourth-order valence-corrected chi connectivity index (χ4v) is 3.06. The van der Waals surface area contributed by atoms with E-state index < -0.39 is 5.97 Å². The van der Waals surface area contributed by atoms with Gasteiger partial charge in [0.15, 0.2) is 0 Å². The Morgan fingerprint density at radius 3 is 2.03 bits per heavy atom. The highest BCUT2D eigenvalue weighted by Gasteiger charge is 2.17. The molecule has 0 aliphatic carbocycles. The molecule has 0 saturated heterocycles. The van der Waals surface area contributed by atoms with Crippen LogP contribution in [0, 0.1) is 0 Å². The maximum Gasteiger partial charge on any atom is 0.339 e. The Morgan fingerprint density at radius 2 is 1.45 bits per heavy atom. The molecule has 0 atom stereocenters. The Kier molecular flexibility index (Phi) is 5.83. The van der Waals surface area contributed by atoms with Crippen LogP contribution in [-0.2, 0) is 10.2 Å². The summed E-state index contributed by atoms with van der Waals surface area (Å²) in [5, 5.41) is 2.85. The van der Waals surface area contributed by atoms with Crippen molar-refractivity contribution in [1.82, 2.24) is 0 Å². The molecule has 0 aliphatic heterocycles. The van der Waals surface area contributed by atoms with E-state index in [-0.39, 0.29) is 11.3 Å². The third-order valence-electron chi connectivity index (χ3n) is 4.79. The highest BCUT2D eigenvalue weighted by atomic mass is 16.5. The number of hydrogen-bond donors (Lipinski definition) is 1. The van der Waals surface area contributed by atoms with Crippen LogP contribution in [0.3, 0.4) is 0 Å². The summed E-state index contributed by atoms with van der Waals surface area (Å²) in [6.07, 6.45) is 0. The van der Waals surface area contributed by atoms with Gasteiger partial charge >= 0.3 is 5.97 Å². The number of nitrogens with one attached hydrogen (secondary N) is 1. The summed E-state index contributed by atoms with van der Waals surface area (Å²) in [7, 11) is 1.32. The van der Waals surface area contributed by atoms with Crippen LogP contribution in [0.5, 0.6) is 0 Å². The molecule has 0 saturated carbocycles. The topological polar surface area (TPSA) is 55.4 Å². The number of amides is 1. The van der Waals surface area contributed by atoms with E-state index in [4.69, 9.17) is 4.74 Å². The fraction of sp³-hybridized carbons (Fsp3) is 0.200. The molecule has 0 aliphatic rings. The summed E-state index contributed by atoms with van der Waals surface area (Å²) in [4.78, 5) is 24.8. The predicted octanol–water partition coefficient (Wildman–Crippen LogP) is 5.69.